The van der Waals surface area contributed by atoms with Gasteiger partial charge in [-0.25, -0.2) is 14.5 Å². The number of anilines is 1. The number of aryl methyl sites for hydroxylation is 1. The van der Waals surface area contributed by atoms with Crippen LogP contribution in [-0.2, 0) is 9.53 Å². The number of benzene rings is 1. The third-order valence-corrected chi connectivity index (χ3v) is 8.54. The number of aliphatic hydroxyl groups excluding tert-OH is 1. The molecule has 6 heterocycles. The Balaban J connectivity index is 1.31. The topological polar surface area (TPSA) is 142 Å². The molecule has 7 rings (SSSR count). The molecule has 2 aliphatic heterocycles. The predicted molar refractivity (Wildman–Crippen MR) is 153 cm³/mol. The van der Waals surface area contributed by atoms with Crippen LogP contribution < -0.4 is 5.73 Å². The maximum atomic E-state index is 12.0. The summed E-state index contributed by atoms with van der Waals surface area (Å²) in [6.07, 6.45) is 6.75. The smallest absolute Gasteiger partial charge is 0.248 e. The van der Waals surface area contributed by atoms with Crippen molar-refractivity contribution in [2.45, 2.75) is 44.7 Å². The number of aliphatic hydroxyl groups is 1. The summed E-state index contributed by atoms with van der Waals surface area (Å²) < 4.78 is 11.8. The summed E-state index contributed by atoms with van der Waals surface area (Å²) in [4.78, 5) is 22.9. The third kappa shape index (κ3) is 4.34. The van der Waals surface area contributed by atoms with Crippen LogP contribution in [0.3, 0.4) is 0 Å². The maximum Gasteiger partial charge on any atom is 0.248 e. The molecule has 0 unspecified atom stereocenters. The highest BCUT2D eigenvalue weighted by Gasteiger charge is 2.27. The number of hydrogen-bond acceptors (Lipinski definition) is 8. The molecule has 2 fully saturated rings. The highest BCUT2D eigenvalue weighted by atomic mass is 16.5. The molecular formula is C29H33N9O3. The maximum absolute atomic E-state index is 12.0. The number of fused-ring (bicyclic) bond motifs is 2. The number of nitrogens with zero attached hydrogens (tertiary/aromatic N) is 8. The zero-order chi connectivity index (χ0) is 28.1. The normalized spacial score (nSPS) is 17.2. The number of ether oxygens (including phenoxy) is 1. The first-order valence-corrected chi connectivity index (χ1v) is 14.1. The van der Waals surface area contributed by atoms with Crippen molar-refractivity contribution in [3.8, 4) is 22.5 Å². The van der Waals surface area contributed by atoms with Crippen molar-refractivity contribution >= 4 is 28.3 Å². The minimum atomic E-state index is -0.446. The largest absolute Gasteiger partial charge is 0.387 e. The van der Waals surface area contributed by atoms with Gasteiger partial charge in [0.25, 0.3) is 0 Å². The van der Waals surface area contributed by atoms with E-state index in [4.69, 9.17) is 15.5 Å². The average molecular weight is 556 g/mol. The van der Waals surface area contributed by atoms with Crippen LogP contribution in [0.25, 0.3) is 39.1 Å². The molecular weight excluding hydrogens is 522 g/mol. The summed E-state index contributed by atoms with van der Waals surface area (Å²) in [6, 6.07) is 10.9. The first-order valence-electron chi connectivity index (χ1n) is 14.1. The van der Waals surface area contributed by atoms with Gasteiger partial charge in [0, 0.05) is 49.7 Å². The molecule has 12 heteroatoms. The fourth-order valence-electron chi connectivity index (χ4n) is 6.52. The fourth-order valence-corrected chi connectivity index (χ4v) is 6.52. The Bertz CT molecular complexity index is 1740. The van der Waals surface area contributed by atoms with Gasteiger partial charge in [-0.1, -0.05) is 6.07 Å². The molecule has 4 aromatic heterocycles. The van der Waals surface area contributed by atoms with Crippen molar-refractivity contribution in [2.75, 3.05) is 38.6 Å². The molecule has 12 nitrogen and oxygen atoms in total. The van der Waals surface area contributed by atoms with Crippen LogP contribution in [0.5, 0.6) is 0 Å². The molecule has 0 atom stereocenters. The van der Waals surface area contributed by atoms with E-state index in [0.29, 0.717) is 18.9 Å². The first-order chi connectivity index (χ1) is 20.0. The lowest BCUT2D eigenvalue weighted by Crippen LogP contribution is -2.40. The molecule has 212 valence electrons. The van der Waals surface area contributed by atoms with E-state index >= 15 is 0 Å². The van der Waals surface area contributed by atoms with Gasteiger partial charge in [-0.3, -0.25) is 9.48 Å². The van der Waals surface area contributed by atoms with Crippen LogP contribution in [0.15, 0.2) is 42.9 Å². The second-order valence-electron chi connectivity index (χ2n) is 10.9. The Kier molecular flexibility index (Phi) is 6.43. The van der Waals surface area contributed by atoms with Gasteiger partial charge in [0.15, 0.2) is 5.82 Å². The van der Waals surface area contributed by atoms with Crippen molar-refractivity contribution in [3.63, 3.8) is 0 Å². The average Bonchev–Trinajstić information content (AvgIpc) is 3.72. The first kappa shape index (κ1) is 25.7. The summed E-state index contributed by atoms with van der Waals surface area (Å²) in [5, 5.41) is 18.6. The molecule has 0 radical (unpaired) electrons. The van der Waals surface area contributed by atoms with Crippen molar-refractivity contribution in [1.29, 1.82) is 0 Å². The molecule has 0 spiro atoms. The highest BCUT2D eigenvalue weighted by Crippen LogP contribution is 2.38. The quantitative estimate of drug-likeness (QED) is 0.337. The summed E-state index contributed by atoms with van der Waals surface area (Å²) in [5.74, 6) is 1.14. The van der Waals surface area contributed by atoms with E-state index in [9.17, 15) is 9.90 Å². The number of carbonyl (C=O) groups excluding carboxylic acids is 1. The molecule has 2 saturated heterocycles. The number of carbonyl (C=O) groups is 1. The Labute approximate surface area is 236 Å². The molecule has 1 aromatic carbocycles. The number of rotatable bonds is 5. The van der Waals surface area contributed by atoms with Crippen molar-refractivity contribution in [3.05, 3.63) is 48.7 Å². The van der Waals surface area contributed by atoms with E-state index in [-0.39, 0.29) is 18.0 Å². The Morgan fingerprint density at radius 3 is 2.63 bits per heavy atom. The lowest BCUT2D eigenvalue weighted by molar-refractivity contribution is -0.135. The standard InChI is InChI=1S/C29H33N9O3/c1-18-34-23-3-2-19(14-26(23)36(18)20-5-10-35(11-6-20)27(40)16-39)25-15-22(28-29(30)31-17-33-38(25)28)24-4-9-32-37(24)21-7-12-41-13-8-21/h2-4,9,14-15,17,20-21,39H,5-8,10-13,16H2,1H3,(H2,30,31,33). The summed E-state index contributed by atoms with van der Waals surface area (Å²) in [5.41, 5.74) is 13.0. The van der Waals surface area contributed by atoms with Gasteiger partial charge in [-0.05, 0) is 56.9 Å². The van der Waals surface area contributed by atoms with E-state index < -0.39 is 6.61 Å². The molecule has 0 bridgehead atoms. The second-order valence-corrected chi connectivity index (χ2v) is 10.9. The minimum absolute atomic E-state index is 0.212. The lowest BCUT2D eigenvalue weighted by Gasteiger charge is -2.33. The van der Waals surface area contributed by atoms with Crippen LogP contribution in [0.4, 0.5) is 5.82 Å². The number of nitrogen functional groups attached to an aromatic ring is 1. The number of nitrogens with two attached hydrogens (primary N) is 1. The van der Waals surface area contributed by atoms with E-state index in [1.165, 1.54) is 6.33 Å². The van der Waals surface area contributed by atoms with Crippen LogP contribution in [0, 0.1) is 6.92 Å². The van der Waals surface area contributed by atoms with Crippen LogP contribution in [-0.4, -0.2) is 82.8 Å². The molecule has 3 N–H and O–H groups in total. The van der Waals surface area contributed by atoms with E-state index in [0.717, 1.165) is 83.8 Å². The number of amides is 1. The molecule has 0 saturated carbocycles. The van der Waals surface area contributed by atoms with E-state index in [2.05, 4.69) is 48.7 Å². The summed E-state index contributed by atoms with van der Waals surface area (Å²) in [7, 11) is 0. The van der Waals surface area contributed by atoms with Gasteiger partial charge >= 0.3 is 0 Å². The van der Waals surface area contributed by atoms with E-state index in [1.54, 1.807) is 4.90 Å². The second kappa shape index (κ2) is 10.3. The molecule has 1 amide bonds. The third-order valence-electron chi connectivity index (χ3n) is 8.54. The fraction of sp³-hybridized carbons (Fsp3) is 0.414. The van der Waals surface area contributed by atoms with Crippen molar-refractivity contribution in [2.24, 2.45) is 0 Å². The zero-order valence-corrected chi connectivity index (χ0v) is 23.0. The molecule has 0 aliphatic carbocycles. The number of aromatic nitrogens is 7. The van der Waals surface area contributed by atoms with Gasteiger partial charge in [-0.15, -0.1) is 0 Å². The van der Waals surface area contributed by atoms with Crippen molar-refractivity contribution < 1.29 is 14.6 Å². The van der Waals surface area contributed by atoms with Gasteiger partial charge in [0.05, 0.1) is 28.5 Å². The minimum Gasteiger partial charge on any atom is -0.387 e. The van der Waals surface area contributed by atoms with Gasteiger partial charge in [0.2, 0.25) is 5.91 Å². The summed E-state index contributed by atoms with van der Waals surface area (Å²) >= 11 is 0. The van der Waals surface area contributed by atoms with Crippen LogP contribution in [0.1, 0.15) is 43.6 Å². The van der Waals surface area contributed by atoms with Crippen molar-refractivity contribution in [1.82, 2.24) is 38.8 Å². The number of imidazole rings is 1. The van der Waals surface area contributed by atoms with Gasteiger partial charge in [-0.2, -0.15) is 10.2 Å². The predicted octanol–water partition coefficient (Wildman–Crippen LogP) is 3.01. The van der Waals surface area contributed by atoms with Crippen LogP contribution >= 0.6 is 0 Å². The SMILES string of the molecule is Cc1nc2ccc(-c3cc(-c4ccnn4C4CCOCC4)c4c(N)ncnn34)cc2n1C1CCN(C(=O)CO)CC1. The Morgan fingerprint density at radius 1 is 1.05 bits per heavy atom. The Morgan fingerprint density at radius 2 is 1.85 bits per heavy atom. The number of hydrogen-bond donors (Lipinski definition) is 2. The zero-order valence-electron chi connectivity index (χ0n) is 23.0. The summed E-state index contributed by atoms with van der Waals surface area (Å²) in [6.45, 7) is 4.26. The number of piperidine rings is 1. The highest BCUT2D eigenvalue weighted by molar-refractivity contribution is 5.92. The number of likely N-dealkylation sites (tertiary alicyclic amines) is 1. The molecule has 5 aromatic rings. The van der Waals surface area contributed by atoms with Gasteiger partial charge in [0.1, 0.15) is 24.3 Å². The monoisotopic (exact) mass is 555 g/mol. The molecule has 2 aliphatic rings. The molecule has 41 heavy (non-hydrogen) atoms. The van der Waals surface area contributed by atoms with Crippen LogP contribution in [0.2, 0.25) is 0 Å². The van der Waals surface area contributed by atoms with E-state index in [1.807, 2.05) is 23.7 Å². The Hall–Kier alpha value is -4.29. The van der Waals surface area contributed by atoms with Gasteiger partial charge < -0.3 is 25.0 Å². The lowest BCUT2D eigenvalue weighted by atomic mass is 10.0.